The van der Waals surface area contributed by atoms with Crippen molar-refractivity contribution in [2.45, 2.75) is 33.0 Å². The number of ether oxygens (including phenoxy) is 2. The fourth-order valence-electron chi connectivity index (χ4n) is 3.03. The molecule has 1 atom stereocenters. The second kappa shape index (κ2) is 7.05. The van der Waals surface area contributed by atoms with Gasteiger partial charge in [0.05, 0.1) is 24.5 Å². The summed E-state index contributed by atoms with van der Waals surface area (Å²) in [5.74, 6) is 1.59. The lowest BCUT2D eigenvalue weighted by Crippen LogP contribution is -2.43. The topological polar surface area (TPSA) is 56.6 Å². The monoisotopic (exact) mass is 329 g/mol. The van der Waals surface area contributed by atoms with Gasteiger partial charge in [-0.3, -0.25) is 4.79 Å². The van der Waals surface area contributed by atoms with Gasteiger partial charge in [0.25, 0.3) is 5.91 Å². The number of aromatic nitrogens is 2. The molecule has 0 N–H and O–H groups in total. The zero-order valence-corrected chi connectivity index (χ0v) is 14.4. The smallest absolute Gasteiger partial charge is 0.261 e. The molecule has 0 spiro atoms. The predicted octanol–water partition coefficient (Wildman–Crippen LogP) is 2.32. The molecule has 2 heterocycles. The maximum Gasteiger partial charge on any atom is 0.261 e. The molecule has 0 bridgehead atoms. The minimum absolute atomic E-state index is 0.0226. The van der Waals surface area contributed by atoms with E-state index in [9.17, 15) is 4.79 Å². The molecule has 0 aliphatic carbocycles. The van der Waals surface area contributed by atoms with E-state index in [1.165, 1.54) is 0 Å². The average molecular weight is 329 g/mol. The first kappa shape index (κ1) is 16.5. The Morgan fingerprint density at radius 3 is 2.75 bits per heavy atom. The van der Waals surface area contributed by atoms with Gasteiger partial charge in [-0.05, 0) is 26.0 Å². The number of aryl methyl sites for hydroxylation is 1. The zero-order valence-electron chi connectivity index (χ0n) is 14.4. The maximum absolute atomic E-state index is 12.5. The number of benzene rings is 1. The molecule has 1 aromatic carbocycles. The normalized spacial score (nSPS) is 16.8. The van der Waals surface area contributed by atoms with E-state index in [2.05, 4.69) is 9.55 Å². The van der Waals surface area contributed by atoms with Crippen LogP contribution in [0.25, 0.3) is 0 Å². The Bertz CT molecular complexity index is 709. The molecule has 0 saturated heterocycles. The standard InChI is InChI=1S/C18H23N3O3/c1-13-4-6-16(7-5-13)24-12-17(22)20-8-9-21-15(11-23-3)10-19-18(21)14(20)2/h4-7,10,14H,8-9,11-12H2,1-3H3/t14-/m1/s1. The van der Waals surface area contributed by atoms with Crippen LogP contribution >= 0.6 is 0 Å². The molecular weight excluding hydrogens is 306 g/mol. The highest BCUT2D eigenvalue weighted by molar-refractivity contribution is 5.78. The van der Waals surface area contributed by atoms with Crippen molar-refractivity contribution in [3.8, 4) is 5.75 Å². The Labute approximate surface area is 142 Å². The van der Waals surface area contributed by atoms with Crippen molar-refractivity contribution in [2.75, 3.05) is 20.3 Å². The summed E-state index contributed by atoms with van der Waals surface area (Å²) in [4.78, 5) is 18.8. The first-order valence-electron chi connectivity index (χ1n) is 8.12. The summed E-state index contributed by atoms with van der Waals surface area (Å²) in [5, 5.41) is 0. The first-order chi connectivity index (χ1) is 11.6. The third kappa shape index (κ3) is 3.28. The molecule has 1 aromatic heterocycles. The molecule has 1 aliphatic heterocycles. The third-order valence-corrected chi connectivity index (χ3v) is 4.37. The average Bonchev–Trinajstić information content (AvgIpc) is 2.99. The second-order valence-corrected chi connectivity index (χ2v) is 6.06. The van der Waals surface area contributed by atoms with Crippen LogP contribution in [0.1, 0.15) is 30.0 Å². The number of hydrogen-bond donors (Lipinski definition) is 0. The predicted molar refractivity (Wildman–Crippen MR) is 89.7 cm³/mol. The van der Waals surface area contributed by atoms with Crippen molar-refractivity contribution in [1.29, 1.82) is 0 Å². The molecule has 6 heteroatoms. The number of imidazole rings is 1. The van der Waals surface area contributed by atoms with Gasteiger partial charge in [-0.1, -0.05) is 17.7 Å². The third-order valence-electron chi connectivity index (χ3n) is 4.37. The SMILES string of the molecule is COCc1cnc2n1CCN(C(=O)COc1ccc(C)cc1)[C@@H]2C. The second-order valence-electron chi connectivity index (χ2n) is 6.06. The molecule has 1 amide bonds. The van der Waals surface area contributed by atoms with Crippen LogP contribution in [0.15, 0.2) is 30.5 Å². The zero-order chi connectivity index (χ0) is 17.1. The highest BCUT2D eigenvalue weighted by Crippen LogP contribution is 2.25. The fraction of sp³-hybridized carbons (Fsp3) is 0.444. The van der Waals surface area contributed by atoms with E-state index in [-0.39, 0.29) is 18.6 Å². The highest BCUT2D eigenvalue weighted by Gasteiger charge is 2.30. The summed E-state index contributed by atoms with van der Waals surface area (Å²) in [7, 11) is 1.67. The lowest BCUT2D eigenvalue weighted by molar-refractivity contribution is -0.136. The van der Waals surface area contributed by atoms with Gasteiger partial charge in [0.1, 0.15) is 11.6 Å². The summed E-state index contributed by atoms with van der Waals surface area (Å²) in [5.41, 5.74) is 2.21. The Hall–Kier alpha value is -2.34. The molecular formula is C18H23N3O3. The van der Waals surface area contributed by atoms with E-state index < -0.39 is 0 Å². The molecule has 0 saturated carbocycles. The Balaban J connectivity index is 1.64. The van der Waals surface area contributed by atoms with Gasteiger partial charge in [0.2, 0.25) is 0 Å². The quantitative estimate of drug-likeness (QED) is 0.845. The molecule has 3 rings (SSSR count). The number of carbonyl (C=O) groups excluding carboxylic acids is 1. The van der Waals surface area contributed by atoms with Gasteiger partial charge >= 0.3 is 0 Å². The number of amides is 1. The fourth-order valence-corrected chi connectivity index (χ4v) is 3.03. The summed E-state index contributed by atoms with van der Waals surface area (Å²) in [6, 6.07) is 7.63. The first-order valence-corrected chi connectivity index (χ1v) is 8.12. The highest BCUT2D eigenvalue weighted by atomic mass is 16.5. The van der Waals surface area contributed by atoms with E-state index in [1.807, 2.05) is 49.2 Å². The van der Waals surface area contributed by atoms with Crippen molar-refractivity contribution >= 4 is 5.91 Å². The van der Waals surface area contributed by atoms with Gasteiger partial charge in [0, 0.05) is 20.2 Å². The van der Waals surface area contributed by atoms with Crippen molar-refractivity contribution in [3.05, 3.63) is 47.5 Å². The molecule has 128 valence electrons. The molecule has 1 aliphatic rings. The van der Waals surface area contributed by atoms with Gasteiger partial charge in [0.15, 0.2) is 6.61 Å². The van der Waals surface area contributed by atoms with Crippen LogP contribution in [0.3, 0.4) is 0 Å². The van der Waals surface area contributed by atoms with E-state index in [0.717, 1.165) is 23.6 Å². The number of methoxy groups -OCH3 is 1. The lowest BCUT2D eigenvalue weighted by Gasteiger charge is -2.34. The largest absolute Gasteiger partial charge is 0.484 e. The van der Waals surface area contributed by atoms with Crippen molar-refractivity contribution in [3.63, 3.8) is 0 Å². The van der Waals surface area contributed by atoms with E-state index in [1.54, 1.807) is 7.11 Å². The van der Waals surface area contributed by atoms with Crippen LogP contribution in [-0.2, 0) is 22.7 Å². The lowest BCUT2D eigenvalue weighted by atomic mass is 10.2. The Kier molecular flexibility index (Phi) is 4.85. The molecule has 0 fully saturated rings. The van der Waals surface area contributed by atoms with Crippen LogP contribution in [-0.4, -0.2) is 40.6 Å². The molecule has 0 radical (unpaired) electrons. The van der Waals surface area contributed by atoms with Gasteiger partial charge in [-0.25, -0.2) is 4.98 Å². The van der Waals surface area contributed by atoms with Crippen LogP contribution in [0.4, 0.5) is 0 Å². The van der Waals surface area contributed by atoms with E-state index in [0.29, 0.717) is 18.9 Å². The van der Waals surface area contributed by atoms with Gasteiger partial charge in [-0.15, -0.1) is 0 Å². The van der Waals surface area contributed by atoms with Crippen LogP contribution < -0.4 is 4.74 Å². The van der Waals surface area contributed by atoms with Crippen molar-refractivity contribution < 1.29 is 14.3 Å². The number of rotatable bonds is 5. The Morgan fingerprint density at radius 1 is 1.29 bits per heavy atom. The van der Waals surface area contributed by atoms with Gasteiger partial charge in [-0.2, -0.15) is 0 Å². The van der Waals surface area contributed by atoms with Crippen LogP contribution in [0.2, 0.25) is 0 Å². The minimum Gasteiger partial charge on any atom is -0.484 e. The van der Waals surface area contributed by atoms with Crippen LogP contribution in [0, 0.1) is 6.92 Å². The summed E-state index contributed by atoms with van der Waals surface area (Å²) < 4.78 is 13.0. The molecule has 6 nitrogen and oxygen atoms in total. The number of nitrogens with zero attached hydrogens (tertiary/aromatic N) is 3. The summed E-state index contributed by atoms with van der Waals surface area (Å²) >= 11 is 0. The maximum atomic E-state index is 12.5. The van der Waals surface area contributed by atoms with Crippen molar-refractivity contribution in [1.82, 2.24) is 14.5 Å². The van der Waals surface area contributed by atoms with Crippen molar-refractivity contribution in [2.24, 2.45) is 0 Å². The molecule has 2 aromatic rings. The molecule has 0 unspecified atom stereocenters. The van der Waals surface area contributed by atoms with Crippen LogP contribution in [0.5, 0.6) is 5.75 Å². The van der Waals surface area contributed by atoms with Gasteiger partial charge < -0.3 is 18.9 Å². The van der Waals surface area contributed by atoms with E-state index in [4.69, 9.17) is 9.47 Å². The molecule has 24 heavy (non-hydrogen) atoms. The van der Waals surface area contributed by atoms with E-state index >= 15 is 0 Å². The Morgan fingerprint density at radius 2 is 2.04 bits per heavy atom. The summed E-state index contributed by atoms with van der Waals surface area (Å²) in [6.45, 7) is 5.97. The number of hydrogen-bond acceptors (Lipinski definition) is 4. The number of carbonyl (C=O) groups is 1. The summed E-state index contributed by atoms with van der Waals surface area (Å²) in [6.07, 6.45) is 1.83. The minimum atomic E-state index is -0.0709. The number of fused-ring (bicyclic) bond motifs is 1.